The summed E-state index contributed by atoms with van der Waals surface area (Å²) in [5.74, 6) is 0.185. The number of amides is 2. The van der Waals surface area contributed by atoms with Crippen LogP contribution in [0.15, 0.2) is 53.6 Å². The molecule has 2 aliphatic heterocycles. The maximum absolute atomic E-state index is 14.5. The molecule has 1 atom stereocenters. The average molecular weight is 439 g/mol. The molecule has 32 heavy (non-hydrogen) atoms. The summed E-state index contributed by atoms with van der Waals surface area (Å²) >= 11 is 0. The summed E-state index contributed by atoms with van der Waals surface area (Å²) in [6.07, 6.45) is 0.394. The highest BCUT2D eigenvalue weighted by Gasteiger charge is 2.36. The van der Waals surface area contributed by atoms with E-state index in [4.69, 9.17) is 4.74 Å². The van der Waals surface area contributed by atoms with Gasteiger partial charge in [0.05, 0.1) is 25.4 Å². The first kappa shape index (κ1) is 22.0. The lowest BCUT2D eigenvalue weighted by Gasteiger charge is -2.34. The molecular formula is C24H27FN4O3. The van der Waals surface area contributed by atoms with Gasteiger partial charge in [-0.2, -0.15) is 5.10 Å². The molecule has 8 heteroatoms. The molecule has 0 N–H and O–H groups in total. The van der Waals surface area contributed by atoms with E-state index in [2.05, 4.69) is 5.10 Å². The third-order valence-corrected chi connectivity index (χ3v) is 6.03. The highest BCUT2D eigenvalue weighted by atomic mass is 19.1. The van der Waals surface area contributed by atoms with E-state index in [1.54, 1.807) is 37.1 Å². The van der Waals surface area contributed by atoms with E-state index in [-0.39, 0.29) is 30.2 Å². The molecule has 0 aliphatic carbocycles. The van der Waals surface area contributed by atoms with Crippen LogP contribution in [-0.4, -0.2) is 72.2 Å². The standard InChI is InChI=1S/C24H27FN4O3/c1-17(30)28-13-11-27(12-14-28)16-24(31)29-22(19-8-4-6-10-23(19)32-2)15-21(26-29)18-7-3-5-9-20(18)25/h3-10,22H,11-16H2,1-2H3/t22-/m0/s1. The highest BCUT2D eigenvalue weighted by Crippen LogP contribution is 2.37. The number of carbonyl (C=O) groups excluding carboxylic acids is 2. The van der Waals surface area contributed by atoms with Gasteiger partial charge in [0, 0.05) is 50.7 Å². The summed E-state index contributed by atoms with van der Waals surface area (Å²) < 4.78 is 20.0. The molecule has 0 spiro atoms. The molecule has 168 valence electrons. The van der Waals surface area contributed by atoms with Crippen LogP contribution in [0.5, 0.6) is 5.75 Å². The van der Waals surface area contributed by atoms with E-state index in [1.165, 1.54) is 11.1 Å². The SMILES string of the molecule is COc1ccccc1[C@@H]1CC(c2ccccc2F)=NN1C(=O)CN1CCN(C(C)=O)CC1. The number of ether oxygens (including phenoxy) is 1. The Hall–Kier alpha value is -3.26. The quantitative estimate of drug-likeness (QED) is 0.720. The summed E-state index contributed by atoms with van der Waals surface area (Å²) in [6.45, 7) is 4.20. The molecule has 1 fully saturated rings. The van der Waals surface area contributed by atoms with E-state index in [0.717, 1.165) is 5.56 Å². The van der Waals surface area contributed by atoms with E-state index in [9.17, 15) is 14.0 Å². The van der Waals surface area contributed by atoms with Crippen LogP contribution in [-0.2, 0) is 9.59 Å². The van der Waals surface area contributed by atoms with Gasteiger partial charge in [0.1, 0.15) is 11.6 Å². The first-order valence-corrected chi connectivity index (χ1v) is 10.7. The Kier molecular flexibility index (Phi) is 6.50. The zero-order chi connectivity index (χ0) is 22.7. The molecule has 4 rings (SSSR count). The Labute approximate surface area is 187 Å². The summed E-state index contributed by atoms with van der Waals surface area (Å²) in [5.41, 5.74) is 1.77. The molecule has 1 saturated heterocycles. The Balaban J connectivity index is 1.59. The van der Waals surface area contributed by atoms with Crippen molar-refractivity contribution in [2.24, 2.45) is 5.10 Å². The number of hydrogen-bond donors (Lipinski definition) is 0. The molecule has 0 unspecified atom stereocenters. The Morgan fingerprint density at radius 1 is 1.06 bits per heavy atom. The number of halogens is 1. The third-order valence-electron chi connectivity index (χ3n) is 6.03. The monoisotopic (exact) mass is 438 g/mol. The number of para-hydroxylation sites is 1. The summed E-state index contributed by atoms with van der Waals surface area (Å²) in [5, 5.41) is 6.04. The Morgan fingerprint density at radius 3 is 2.44 bits per heavy atom. The van der Waals surface area contributed by atoms with Crippen LogP contribution in [0.3, 0.4) is 0 Å². The average Bonchev–Trinajstić information content (AvgIpc) is 3.25. The topological polar surface area (TPSA) is 65.5 Å². The molecule has 0 bridgehead atoms. The van der Waals surface area contributed by atoms with Gasteiger partial charge in [0.25, 0.3) is 5.91 Å². The molecule has 2 amide bonds. The summed E-state index contributed by atoms with van der Waals surface area (Å²) in [6, 6.07) is 13.6. The lowest BCUT2D eigenvalue weighted by Crippen LogP contribution is -2.50. The number of piperazine rings is 1. The predicted molar refractivity (Wildman–Crippen MR) is 119 cm³/mol. The van der Waals surface area contributed by atoms with E-state index in [1.807, 2.05) is 29.2 Å². The maximum Gasteiger partial charge on any atom is 0.257 e. The van der Waals surface area contributed by atoms with Crippen molar-refractivity contribution >= 4 is 17.5 Å². The largest absolute Gasteiger partial charge is 0.496 e. The minimum absolute atomic E-state index is 0.0471. The number of hydrazone groups is 1. The van der Waals surface area contributed by atoms with Crippen LogP contribution in [0.4, 0.5) is 4.39 Å². The van der Waals surface area contributed by atoms with Gasteiger partial charge >= 0.3 is 0 Å². The van der Waals surface area contributed by atoms with Crippen molar-refractivity contribution in [3.05, 3.63) is 65.5 Å². The zero-order valence-corrected chi connectivity index (χ0v) is 18.3. The molecular weight excluding hydrogens is 411 g/mol. The number of benzene rings is 2. The minimum Gasteiger partial charge on any atom is -0.496 e. The normalized spacial score (nSPS) is 19.1. The predicted octanol–water partition coefficient (Wildman–Crippen LogP) is 2.68. The van der Waals surface area contributed by atoms with Crippen LogP contribution in [0.25, 0.3) is 0 Å². The first-order chi connectivity index (χ1) is 15.5. The van der Waals surface area contributed by atoms with E-state index in [0.29, 0.717) is 49.6 Å². The zero-order valence-electron chi connectivity index (χ0n) is 18.3. The van der Waals surface area contributed by atoms with Gasteiger partial charge in [-0.3, -0.25) is 14.5 Å². The number of hydrogen-bond acceptors (Lipinski definition) is 5. The second-order valence-electron chi connectivity index (χ2n) is 8.01. The molecule has 0 aromatic heterocycles. The molecule has 2 heterocycles. The third kappa shape index (κ3) is 4.50. The second-order valence-corrected chi connectivity index (χ2v) is 8.01. The maximum atomic E-state index is 14.5. The van der Waals surface area contributed by atoms with Gasteiger partial charge < -0.3 is 9.64 Å². The van der Waals surface area contributed by atoms with Crippen LogP contribution >= 0.6 is 0 Å². The molecule has 2 aromatic carbocycles. The molecule has 7 nitrogen and oxygen atoms in total. The summed E-state index contributed by atoms with van der Waals surface area (Å²) in [7, 11) is 1.59. The smallest absolute Gasteiger partial charge is 0.257 e. The number of rotatable bonds is 5. The van der Waals surface area contributed by atoms with Gasteiger partial charge in [-0.05, 0) is 12.1 Å². The van der Waals surface area contributed by atoms with Gasteiger partial charge in [0.2, 0.25) is 5.91 Å². The molecule has 0 saturated carbocycles. The molecule has 0 radical (unpaired) electrons. The second kappa shape index (κ2) is 9.48. The lowest BCUT2D eigenvalue weighted by molar-refractivity contribution is -0.135. The van der Waals surface area contributed by atoms with Gasteiger partial charge in [-0.25, -0.2) is 9.40 Å². The van der Waals surface area contributed by atoms with E-state index >= 15 is 0 Å². The lowest BCUT2D eigenvalue weighted by atomic mass is 9.97. The number of carbonyl (C=O) groups is 2. The van der Waals surface area contributed by atoms with Crippen molar-refractivity contribution in [1.82, 2.24) is 14.8 Å². The summed E-state index contributed by atoms with van der Waals surface area (Å²) in [4.78, 5) is 28.7. The van der Waals surface area contributed by atoms with Crippen LogP contribution in [0.2, 0.25) is 0 Å². The van der Waals surface area contributed by atoms with Crippen LogP contribution < -0.4 is 4.74 Å². The Bertz CT molecular complexity index is 1030. The Morgan fingerprint density at radius 2 is 1.75 bits per heavy atom. The van der Waals surface area contributed by atoms with Crippen molar-refractivity contribution in [3.8, 4) is 5.75 Å². The van der Waals surface area contributed by atoms with Crippen molar-refractivity contribution in [1.29, 1.82) is 0 Å². The van der Waals surface area contributed by atoms with Gasteiger partial charge in [-0.1, -0.05) is 36.4 Å². The van der Waals surface area contributed by atoms with E-state index < -0.39 is 0 Å². The fraction of sp³-hybridized carbons (Fsp3) is 0.375. The van der Waals surface area contributed by atoms with Crippen molar-refractivity contribution in [2.45, 2.75) is 19.4 Å². The molecule has 2 aliphatic rings. The molecule has 2 aromatic rings. The highest BCUT2D eigenvalue weighted by molar-refractivity contribution is 6.03. The van der Waals surface area contributed by atoms with Crippen molar-refractivity contribution in [2.75, 3.05) is 39.8 Å². The minimum atomic E-state index is -0.383. The fourth-order valence-electron chi connectivity index (χ4n) is 4.27. The van der Waals surface area contributed by atoms with Gasteiger partial charge in [0.15, 0.2) is 0 Å². The van der Waals surface area contributed by atoms with Crippen molar-refractivity contribution < 1.29 is 18.7 Å². The number of methoxy groups -OCH3 is 1. The first-order valence-electron chi connectivity index (χ1n) is 10.7. The van der Waals surface area contributed by atoms with Crippen molar-refractivity contribution in [3.63, 3.8) is 0 Å². The van der Waals surface area contributed by atoms with Crippen LogP contribution in [0, 0.1) is 5.82 Å². The number of nitrogens with zero attached hydrogens (tertiary/aromatic N) is 4. The van der Waals surface area contributed by atoms with Gasteiger partial charge in [-0.15, -0.1) is 0 Å². The fourth-order valence-corrected chi connectivity index (χ4v) is 4.27. The van der Waals surface area contributed by atoms with Crippen LogP contribution in [0.1, 0.15) is 30.5 Å².